The minimum absolute atomic E-state index is 0.0489. The Morgan fingerprint density at radius 2 is 2.29 bits per heavy atom. The number of thiazole rings is 1. The highest BCUT2D eigenvalue weighted by Crippen LogP contribution is 2.14. The average Bonchev–Trinajstić information content (AvgIpc) is 3.08. The van der Waals surface area contributed by atoms with E-state index in [0.29, 0.717) is 13.0 Å². The molecule has 0 spiro atoms. The van der Waals surface area contributed by atoms with Gasteiger partial charge in [-0.1, -0.05) is 12.1 Å². The molecule has 0 fully saturated rings. The van der Waals surface area contributed by atoms with Crippen molar-refractivity contribution in [3.63, 3.8) is 0 Å². The number of hydrogen-bond acceptors (Lipinski definition) is 6. The van der Waals surface area contributed by atoms with Crippen LogP contribution in [0.4, 0.5) is 0 Å². The molecule has 2 heterocycles. The minimum atomic E-state index is -0.0811. The standard InChI is InChI=1S/C13H20N6OS/c1-4-10(14)11-7-19(17-16-11)6-9-8-21-12(15-9)5-13(20)18(2)3/h7-8,10H,4-6,14H2,1-3H3. The summed E-state index contributed by atoms with van der Waals surface area (Å²) in [6.07, 6.45) is 3.01. The molecule has 2 aromatic heterocycles. The van der Waals surface area contributed by atoms with E-state index in [1.165, 1.54) is 11.3 Å². The Morgan fingerprint density at radius 3 is 2.95 bits per heavy atom. The van der Waals surface area contributed by atoms with Crippen molar-refractivity contribution < 1.29 is 4.79 Å². The van der Waals surface area contributed by atoms with Crippen molar-refractivity contribution >= 4 is 17.2 Å². The third-order valence-electron chi connectivity index (χ3n) is 3.10. The van der Waals surface area contributed by atoms with Crippen molar-refractivity contribution in [3.8, 4) is 0 Å². The number of aromatic nitrogens is 4. The van der Waals surface area contributed by atoms with Crippen LogP contribution in [-0.4, -0.2) is 44.9 Å². The van der Waals surface area contributed by atoms with Crippen LogP contribution in [0.15, 0.2) is 11.6 Å². The van der Waals surface area contributed by atoms with E-state index in [4.69, 9.17) is 5.73 Å². The van der Waals surface area contributed by atoms with Gasteiger partial charge in [-0.3, -0.25) is 4.79 Å². The second-order valence-electron chi connectivity index (χ2n) is 5.05. The topological polar surface area (TPSA) is 89.9 Å². The molecule has 0 aromatic carbocycles. The molecule has 0 bridgehead atoms. The van der Waals surface area contributed by atoms with Gasteiger partial charge in [0.2, 0.25) is 5.91 Å². The predicted octanol–water partition coefficient (Wildman–Crippen LogP) is 0.823. The maximum Gasteiger partial charge on any atom is 0.228 e. The average molecular weight is 308 g/mol. The van der Waals surface area contributed by atoms with Gasteiger partial charge in [0.05, 0.1) is 36.6 Å². The van der Waals surface area contributed by atoms with E-state index in [1.807, 2.05) is 18.5 Å². The van der Waals surface area contributed by atoms with Crippen LogP contribution in [0.1, 0.15) is 35.8 Å². The zero-order valence-corrected chi connectivity index (χ0v) is 13.3. The molecule has 7 nitrogen and oxygen atoms in total. The van der Waals surface area contributed by atoms with E-state index >= 15 is 0 Å². The Bertz CT molecular complexity index is 605. The van der Waals surface area contributed by atoms with Crippen molar-refractivity contribution in [3.05, 3.63) is 28.0 Å². The lowest BCUT2D eigenvalue weighted by Crippen LogP contribution is -2.23. The van der Waals surface area contributed by atoms with Crippen molar-refractivity contribution in [2.24, 2.45) is 5.73 Å². The third kappa shape index (κ3) is 4.08. The molecule has 0 aliphatic carbocycles. The molecule has 0 saturated heterocycles. The van der Waals surface area contributed by atoms with Crippen LogP contribution in [-0.2, 0) is 17.8 Å². The normalized spacial score (nSPS) is 12.4. The van der Waals surface area contributed by atoms with Crippen LogP contribution >= 0.6 is 11.3 Å². The third-order valence-corrected chi connectivity index (χ3v) is 4.00. The molecule has 2 aromatic rings. The van der Waals surface area contributed by atoms with Gasteiger partial charge >= 0.3 is 0 Å². The second-order valence-corrected chi connectivity index (χ2v) is 6.00. The van der Waals surface area contributed by atoms with Gasteiger partial charge in [-0.2, -0.15) is 0 Å². The van der Waals surface area contributed by atoms with Crippen LogP contribution in [0.3, 0.4) is 0 Å². The summed E-state index contributed by atoms with van der Waals surface area (Å²) in [7, 11) is 3.48. The molecule has 0 aliphatic heterocycles. The fourth-order valence-corrected chi connectivity index (χ4v) is 2.50. The van der Waals surface area contributed by atoms with Gasteiger partial charge in [-0.15, -0.1) is 16.4 Å². The quantitative estimate of drug-likeness (QED) is 0.853. The maximum absolute atomic E-state index is 11.6. The van der Waals surface area contributed by atoms with Gasteiger partial charge < -0.3 is 10.6 Å². The fraction of sp³-hybridized carbons (Fsp3) is 0.538. The molecule has 114 valence electrons. The number of carbonyl (C=O) groups is 1. The number of likely N-dealkylation sites (N-methyl/N-ethyl adjacent to an activating group) is 1. The first-order valence-corrected chi connectivity index (χ1v) is 7.66. The van der Waals surface area contributed by atoms with Gasteiger partial charge in [0.1, 0.15) is 5.01 Å². The molecular formula is C13H20N6OS. The zero-order chi connectivity index (χ0) is 15.4. The van der Waals surface area contributed by atoms with Crippen LogP contribution in [0.2, 0.25) is 0 Å². The Morgan fingerprint density at radius 1 is 1.52 bits per heavy atom. The van der Waals surface area contributed by atoms with E-state index in [9.17, 15) is 4.79 Å². The summed E-state index contributed by atoms with van der Waals surface area (Å²) in [5.74, 6) is 0.0489. The Labute approximate surface area is 127 Å². The van der Waals surface area contributed by atoms with Crippen LogP contribution in [0.25, 0.3) is 0 Å². The van der Waals surface area contributed by atoms with Gasteiger partial charge in [0.25, 0.3) is 0 Å². The number of amides is 1. The smallest absolute Gasteiger partial charge is 0.228 e. The predicted molar refractivity (Wildman–Crippen MR) is 80.9 cm³/mol. The van der Waals surface area contributed by atoms with E-state index in [-0.39, 0.29) is 11.9 Å². The molecule has 1 amide bonds. The first-order chi connectivity index (χ1) is 9.99. The SMILES string of the molecule is CCC(N)c1cn(Cc2csc(CC(=O)N(C)C)n2)nn1. The van der Waals surface area contributed by atoms with E-state index in [1.54, 1.807) is 23.7 Å². The molecule has 2 rings (SSSR count). The van der Waals surface area contributed by atoms with Gasteiger partial charge in [-0.25, -0.2) is 9.67 Å². The summed E-state index contributed by atoms with van der Waals surface area (Å²) in [5, 5.41) is 10.9. The summed E-state index contributed by atoms with van der Waals surface area (Å²) in [6.45, 7) is 2.55. The summed E-state index contributed by atoms with van der Waals surface area (Å²) >= 11 is 1.49. The van der Waals surface area contributed by atoms with Crippen molar-refractivity contribution in [2.75, 3.05) is 14.1 Å². The fourth-order valence-electron chi connectivity index (χ4n) is 1.73. The monoisotopic (exact) mass is 308 g/mol. The molecule has 0 aliphatic rings. The summed E-state index contributed by atoms with van der Waals surface area (Å²) in [5.41, 5.74) is 7.58. The molecule has 1 atom stereocenters. The number of rotatable bonds is 6. The first-order valence-electron chi connectivity index (χ1n) is 6.78. The maximum atomic E-state index is 11.6. The number of hydrogen-bond donors (Lipinski definition) is 1. The van der Waals surface area contributed by atoms with Crippen molar-refractivity contribution in [1.82, 2.24) is 24.9 Å². The molecule has 2 N–H and O–H groups in total. The molecule has 8 heteroatoms. The summed E-state index contributed by atoms with van der Waals surface area (Å²) < 4.78 is 1.72. The van der Waals surface area contributed by atoms with Gasteiger partial charge in [-0.05, 0) is 6.42 Å². The van der Waals surface area contributed by atoms with E-state index < -0.39 is 0 Å². The highest BCUT2D eigenvalue weighted by atomic mass is 32.1. The second kappa shape index (κ2) is 6.77. The highest BCUT2D eigenvalue weighted by Gasteiger charge is 2.12. The number of nitrogens with two attached hydrogens (primary N) is 1. The van der Waals surface area contributed by atoms with Crippen molar-refractivity contribution in [2.45, 2.75) is 32.4 Å². The van der Waals surface area contributed by atoms with Gasteiger partial charge in [0, 0.05) is 19.5 Å². The van der Waals surface area contributed by atoms with Crippen LogP contribution in [0, 0.1) is 0 Å². The summed E-state index contributed by atoms with van der Waals surface area (Å²) in [6, 6.07) is -0.0811. The van der Waals surface area contributed by atoms with E-state index in [2.05, 4.69) is 15.3 Å². The number of nitrogens with zero attached hydrogens (tertiary/aromatic N) is 5. The van der Waals surface area contributed by atoms with Crippen LogP contribution < -0.4 is 5.73 Å². The van der Waals surface area contributed by atoms with Crippen LogP contribution in [0.5, 0.6) is 0 Å². The largest absolute Gasteiger partial charge is 0.348 e. The van der Waals surface area contributed by atoms with Crippen molar-refractivity contribution in [1.29, 1.82) is 0 Å². The highest BCUT2D eigenvalue weighted by molar-refractivity contribution is 7.09. The zero-order valence-electron chi connectivity index (χ0n) is 12.5. The lowest BCUT2D eigenvalue weighted by atomic mass is 10.2. The first kappa shape index (κ1) is 15.6. The minimum Gasteiger partial charge on any atom is -0.348 e. The molecule has 1 unspecified atom stereocenters. The molecule has 0 saturated carbocycles. The van der Waals surface area contributed by atoms with Gasteiger partial charge in [0.15, 0.2) is 0 Å². The molecule has 0 radical (unpaired) electrons. The Kier molecular flexibility index (Phi) is 5.03. The molecular weight excluding hydrogens is 288 g/mol. The lowest BCUT2D eigenvalue weighted by Gasteiger charge is -2.07. The summed E-state index contributed by atoms with van der Waals surface area (Å²) in [4.78, 5) is 17.7. The Balaban J connectivity index is 1.99. The van der Waals surface area contributed by atoms with E-state index in [0.717, 1.165) is 22.8 Å². The Hall–Kier alpha value is -1.80. The number of carbonyl (C=O) groups excluding carboxylic acids is 1. The lowest BCUT2D eigenvalue weighted by molar-refractivity contribution is -0.127. The molecule has 21 heavy (non-hydrogen) atoms.